The minimum absolute atomic E-state index is 0.0542. The van der Waals surface area contributed by atoms with Gasteiger partial charge in [-0.05, 0) is 0 Å². The SMILES string of the molecule is O=[N+]([O-])c1cc2c(c([N+](=O)[O-])c1)-c1c(cc([N+](=O)[O-])cc1[N+](=O)[O-])C2=C1SC2=C(S1)Sc1cscc1S2. The molecule has 0 fully saturated rings. The van der Waals surface area contributed by atoms with Crippen molar-refractivity contribution in [3.63, 3.8) is 0 Å². The highest BCUT2D eigenvalue weighted by Gasteiger charge is 2.43. The summed E-state index contributed by atoms with van der Waals surface area (Å²) in [6, 6.07) is 3.77. The fourth-order valence-electron chi connectivity index (χ4n) is 4.13. The van der Waals surface area contributed by atoms with E-state index in [1.807, 2.05) is 10.8 Å². The number of thiophene rings is 1. The number of nitrogens with zero attached hydrogens (tertiary/aromatic N) is 4. The first-order valence-electron chi connectivity index (χ1n) is 9.85. The summed E-state index contributed by atoms with van der Waals surface area (Å²) in [5, 5.41) is 51.3. The molecule has 0 amide bonds. The number of hydrogen-bond donors (Lipinski definition) is 0. The van der Waals surface area contributed by atoms with Crippen LogP contribution in [0.4, 0.5) is 22.7 Å². The van der Waals surface area contributed by atoms with E-state index < -0.39 is 42.4 Å². The highest BCUT2D eigenvalue weighted by Crippen LogP contribution is 2.68. The molecule has 0 N–H and O–H groups in total. The molecule has 3 aromatic rings. The molecule has 1 aromatic heterocycles. The van der Waals surface area contributed by atoms with Gasteiger partial charge in [0.05, 0.1) is 55.7 Å². The summed E-state index contributed by atoms with van der Waals surface area (Å²) in [6.07, 6.45) is 0. The maximum atomic E-state index is 12.0. The first-order chi connectivity index (χ1) is 17.6. The second kappa shape index (κ2) is 8.59. The van der Waals surface area contributed by atoms with Crippen molar-refractivity contribution in [2.45, 2.75) is 9.79 Å². The number of nitro benzene ring substituents is 4. The Morgan fingerprint density at radius 1 is 0.541 bits per heavy atom. The molecule has 2 aliphatic heterocycles. The molecule has 0 spiro atoms. The lowest BCUT2D eigenvalue weighted by molar-refractivity contribution is -0.395. The Labute approximate surface area is 225 Å². The maximum Gasteiger partial charge on any atom is 0.284 e. The molecule has 3 heterocycles. The van der Waals surface area contributed by atoms with Crippen LogP contribution in [0.1, 0.15) is 11.1 Å². The Balaban J connectivity index is 1.66. The van der Waals surface area contributed by atoms with Gasteiger partial charge in [0.25, 0.3) is 22.7 Å². The molecule has 0 saturated carbocycles. The van der Waals surface area contributed by atoms with Gasteiger partial charge < -0.3 is 0 Å². The van der Waals surface area contributed by atoms with Crippen LogP contribution < -0.4 is 0 Å². The zero-order valence-corrected chi connectivity index (χ0v) is 21.6. The van der Waals surface area contributed by atoms with E-state index in [9.17, 15) is 40.5 Å². The van der Waals surface area contributed by atoms with Gasteiger partial charge in [-0.15, -0.1) is 0 Å². The van der Waals surface area contributed by atoms with Gasteiger partial charge in [0.2, 0.25) is 0 Å². The zero-order valence-electron chi connectivity index (χ0n) is 17.6. The van der Waals surface area contributed by atoms with E-state index in [0.29, 0.717) is 4.24 Å². The van der Waals surface area contributed by atoms with Gasteiger partial charge in [-0.2, -0.15) is 11.3 Å². The van der Waals surface area contributed by atoms with E-state index in [0.717, 1.165) is 42.5 Å². The van der Waals surface area contributed by atoms with Gasteiger partial charge in [-0.1, -0.05) is 47.0 Å². The smallest absolute Gasteiger partial charge is 0.258 e. The molecule has 3 aliphatic rings. The second-order valence-electron chi connectivity index (χ2n) is 7.55. The predicted molar refractivity (Wildman–Crippen MR) is 143 cm³/mol. The highest BCUT2D eigenvalue weighted by atomic mass is 32.3. The van der Waals surface area contributed by atoms with Crippen LogP contribution in [0, 0.1) is 40.5 Å². The standard InChI is InChI=1S/C20H6N4O8S5/c25-21(26)7-1-9-15(18-36-19-20(37-18)35-14-6-33-5-13(14)34-19)10-2-8(22(27)28)4-12(24(31)32)17(10)16(9)11(3-7)23(29)30/h1-6H. The average Bonchev–Trinajstić information content (AvgIpc) is 3.54. The molecular weight excluding hydrogens is 585 g/mol. The lowest BCUT2D eigenvalue weighted by Gasteiger charge is -2.10. The fraction of sp³-hybridized carbons (Fsp3) is 0. The van der Waals surface area contributed by atoms with Crippen LogP contribution in [0.5, 0.6) is 0 Å². The Morgan fingerprint density at radius 2 is 0.973 bits per heavy atom. The third-order valence-electron chi connectivity index (χ3n) is 5.55. The molecule has 0 atom stereocenters. The van der Waals surface area contributed by atoms with Gasteiger partial charge in [0.15, 0.2) is 0 Å². The predicted octanol–water partition coefficient (Wildman–Crippen LogP) is 7.58. The first kappa shape index (κ1) is 24.0. The van der Waals surface area contributed by atoms with E-state index in [1.54, 1.807) is 11.3 Å². The van der Waals surface area contributed by atoms with Crippen molar-refractivity contribution in [2.75, 3.05) is 0 Å². The van der Waals surface area contributed by atoms with Crippen molar-refractivity contribution in [3.8, 4) is 11.1 Å². The van der Waals surface area contributed by atoms with Gasteiger partial charge in [0, 0.05) is 49.4 Å². The molecule has 17 heteroatoms. The molecule has 2 aromatic carbocycles. The molecule has 6 rings (SSSR count). The maximum absolute atomic E-state index is 12.0. The molecular formula is C20H6N4O8S5. The molecule has 0 bridgehead atoms. The van der Waals surface area contributed by atoms with E-state index >= 15 is 0 Å². The number of non-ortho nitro benzene ring substituents is 2. The van der Waals surface area contributed by atoms with Gasteiger partial charge in [-0.3, -0.25) is 40.5 Å². The quantitative estimate of drug-likeness (QED) is 0.169. The van der Waals surface area contributed by atoms with E-state index in [2.05, 4.69) is 0 Å². The molecule has 184 valence electrons. The van der Waals surface area contributed by atoms with Crippen molar-refractivity contribution in [1.29, 1.82) is 0 Å². The number of nitro groups is 4. The molecule has 0 unspecified atom stereocenters. The van der Waals surface area contributed by atoms with Crippen molar-refractivity contribution >= 4 is 86.7 Å². The Hall–Kier alpha value is -3.38. The van der Waals surface area contributed by atoms with E-state index in [1.165, 1.54) is 47.0 Å². The Bertz CT molecular complexity index is 1590. The minimum Gasteiger partial charge on any atom is -0.258 e. The van der Waals surface area contributed by atoms with Crippen LogP contribution in [0.3, 0.4) is 0 Å². The van der Waals surface area contributed by atoms with Crippen LogP contribution in [0.2, 0.25) is 0 Å². The van der Waals surface area contributed by atoms with Gasteiger partial charge in [-0.25, -0.2) is 0 Å². The van der Waals surface area contributed by atoms with Gasteiger partial charge in [0.1, 0.15) is 0 Å². The number of hydrogen-bond acceptors (Lipinski definition) is 13. The normalized spacial score (nSPS) is 15.2. The number of rotatable bonds is 4. The summed E-state index contributed by atoms with van der Waals surface area (Å²) in [6.45, 7) is 0. The van der Waals surface area contributed by atoms with Crippen LogP contribution in [-0.2, 0) is 0 Å². The van der Waals surface area contributed by atoms with Crippen LogP contribution in [0.25, 0.3) is 16.7 Å². The number of benzene rings is 2. The first-order valence-corrected chi connectivity index (χ1v) is 14.1. The van der Waals surface area contributed by atoms with Crippen molar-refractivity contribution < 1.29 is 19.7 Å². The van der Waals surface area contributed by atoms with Crippen molar-refractivity contribution in [3.05, 3.63) is 99.3 Å². The molecule has 37 heavy (non-hydrogen) atoms. The third kappa shape index (κ3) is 3.72. The summed E-state index contributed by atoms with van der Waals surface area (Å²) >= 11 is 7.30. The monoisotopic (exact) mass is 590 g/mol. The minimum atomic E-state index is -0.837. The lowest BCUT2D eigenvalue weighted by atomic mass is 10.0. The molecule has 0 radical (unpaired) electrons. The van der Waals surface area contributed by atoms with Crippen molar-refractivity contribution in [1.82, 2.24) is 0 Å². The van der Waals surface area contributed by atoms with Crippen molar-refractivity contribution in [2.24, 2.45) is 0 Å². The van der Waals surface area contributed by atoms with E-state index in [-0.39, 0.29) is 27.8 Å². The van der Waals surface area contributed by atoms with Crippen LogP contribution in [0.15, 0.2) is 57.5 Å². The van der Waals surface area contributed by atoms with Crippen LogP contribution >= 0.6 is 58.4 Å². The molecule has 1 aliphatic carbocycles. The Kier molecular flexibility index (Phi) is 5.57. The average molecular weight is 591 g/mol. The molecule has 12 nitrogen and oxygen atoms in total. The van der Waals surface area contributed by atoms with Crippen LogP contribution in [-0.4, -0.2) is 19.7 Å². The topological polar surface area (TPSA) is 173 Å². The van der Waals surface area contributed by atoms with Gasteiger partial charge >= 0.3 is 0 Å². The largest absolute Gasteiger partial charge is 0.284 e. The summed E-state index contributed by atoms with van der Waals surface area (Å²) < 4.78 is 2.43. The third-order valence-corrected chi connectivity index (χ3v) is 12.2. The summed E-state index contributed by atoms with van der Waals surface area (Å²) in [7, 11) is 0. The second-order valence-corrected chi connectivity index (χ2v) is 13.2. The number of fused-ring (bicyclic) bond motifs is 4. The highest BCUT2D eigenvalue weighted by molar-refractivity contribution is 8.41. The number of thioether (sulfide) groups is 4. The summed E-state index contributed by atoms with van der Waals surface area (Å²) in [5.41, 5.74) is -2.47. The zero-order chi connectivity index (χ0) is 26.2. The fourth-order valence-corrected chi connectivity index (χ4v) is 11.2. The molecule has 0 saturated heterocycles. The lowest BCUT2D eigenvalue weighted by Crippen LogP contribution is -1.99. The van der Waals surface area contributed by atoms with E-state index in [4.69, 9.17) is 0 Å². The summed E-state index contributed by atoms with van der Waals surface area (Å²) in [5.74, 6) is 0. The Morgan fingerprint density at radius 3 is 1.35 bits per heavy atom. The summed E-state index contributed by atoms with van der Waals surface area (Å²) in [4.78, 5) is 46.2.